The lowest BCUT2D eigenvalue weighted by Gasteiger charge is -2.18. The van der Waals surface area contributed by atoms with Crippen molar-refractivity contribution in [3.05, 3.63) is 24.0 Å². The van der Waals surface area contributed by atoms with Crippen LogP contribution in [-0.2, 0) is 0 Å². The molecule has 2 rings (SSSR count). The second kappa shape index (κ2) is 6.09. The van der Waals surface area contributed by atoms with E-state index in [4.69, 9.17) is 5.26 Å². The zero-order chi connectivity index (χ0) is 14.6. The number of hydrogen-bond acceptors (Lipinski definition) is 4. The maximum absolute atomic E-state index is 12.3. The molecule has 0 aromatic carbocycles. The van der Waals surface area contributed by atoms with Crippen molar-refractivity contribution in [2.24, 2.45) is 5.92 Å². The van der Waals surface area contributed by atoms with Crippen LogP contribution in [0.5, 0.6) is 0 Å². The first-order valence-electron chi connectivity index (χ1n) is 6.35. The topological polar surface area (TPSA) is 52.0 Å². The molecule has 1 aromatic rings. The van der Waals surface area contributed by atoms with Crippen LogP contribution in [-0.4, -0.2) is 42.2 Å². The highest BCUT2D eigenvalue weighted by molar-refractivity contribution is 5.45. The number of likely N-dealkylation sites (tertiary alicyclic amines) is 1. The Morgan fingerprint density at radius 2 is 2.30 bits per heavy atom. The third kappa shape index (κ3) is 4.38. The molecule has 1 fully saturated rings. The summed E-state index contributed by atoms with van der Waals surface area (Å²) in [4.78, 5) is 5.29. The minimum absolute atomic E-state index is 0.191. The van der Waals surface area contributed by atoms with Crippen molar-refractivity contribution in [1.29, 1.82) is 5.26 Å². The van der Waals surface area contributed by atoms with Crippen molar-refractivity contribution in [3.63, 3.8) is 0 Å². The van der Waals surface area contributed by atoms with E-state index >= 15 is 0 Å². The van der Waals surface area contributed by atoms with Gasteiger partial charge in [0.2, 0.25) is 0 Å². The van der Waals surface area contributed by atoms with E-state index in [9.17, 15) is 13.2 Å². The molecule has 0 radical (unpaired) electrons. The van der Waals surface area contributed by atoms with Crippen molar-refractivity contribution < 1.29 is 13.2 Å². The Balaban J connectivity index is 1.79. The van der Waals surface area contributed by atoms with E-state index in [0.717, 1.165) is 12.1 Å². The van der Waals surface area contributed by atoms with E-state index in [1.54, 1.807) is 12.1 Å². The van der Waals surface area contributed by atoms with Gasteiger partial charge in [-0.1, -0.05) is 0 Å². The Hall–Kier alpha value is -1.81. The van der Waals surface area contributed by atoms with Crippen molar-refractivity contribution in [3.8, 4) is 6.07 Å². The van der Waals surface area contributed by atoms with Crippen molar-refractivity contribution in [1.82, 2.24) is 9.88 Å². The van der Waals surface area contributed by atoms with Crippen LogP contribution in [0.2, 0.25) is 0 Å². The average molecular weight is 284 g/mol. The number of pyridine rings is 1. The summed E-state index contributed by atoms with van der Waals surface area (Å²) in [6.45, 7) is 0.689. The molecule has 0 spiro atoms. The maximum atomic E-state index is 12.3. The number of nitrogens with zero attached hydrogens (tertiary/aromatic N) is 3. The van der Waals surface area contributed by atoms with E-state index in [-0.39, 0.29) is 5.92 Å². The third-order valence-corrected chi connectivity index (χ3v) is 3.24. The standard InChI is InChI=1S/C13H15F3N4/c14-13(15,16)9-20-4-2-10(8-20)7-19-11-1-3-18-12(5-11)6-17/h1,3,5,10H,2,4,7-9H2,(H,18,19). The van der Waals surface area contributed by atoms with Crippen LogP contribution < -0.4 is 5.32 Å². The molecular formula is C13H15F3N4. The number of rotatable bonds is 4. The Bertz CT molecular complexity index is 495. The molecule has 1 aliphatic rings. The number of halogens is 3. The summed E-state index contributed by atoms with van der Waals surface area (Å²) < 4.78 is 36.8. The lowest BCUT2D eigenvalue weighted by Crippen LogP contribution is -2.33. The predicted octanol–water partition coefficient (Wildman–Crippen LogP) is 2.25. The van der Waals surface area contributed by atoms with Gasteiger partial charge in [0, 0.05) is 25.0 Å². The van der Waals surface area contributed by atoms with E-state index in [0.29, 0.717) is 25.3 Å². The van der Waals surface area contributed by atoms with Gasteiger partial charge in [-0.3, -0.25) is 4.90 Å². The fraction of sp³-hybridized carbons (Fsp3) is 0.538. The molecule has 0 saturated carbocycles. The largest absolute Gasteiger partial charge is 0.401 e. The zero-order valence-corrected chi connectivity index (χ0v) is 10.8. The molecule has 1 aromatic heterocycles. The van der Waals surface area contributed by atoms with Crippen LogP contribution in [0.15, 0.2) is 18.3 Å². The van der Waals surface area contributed by atoms with Gasteiger partial charge in [-0.2, -0.15) is 18.4 Å². The molecule has 1 N–H and O–H groups in total. The highest BCUT2D eigenvalue weighted by atomic mass is 19.4. The zero-order valence-electron chi connectivity index (χ0n) is 10.8. The van der Waals surface area contributed by atoms with Crippen LogP contribution in [0.4, 0.5) is 18.9 Å². The Labute approximate surface area is 115 Å². The first kappa shape index (κ1) is 14.6. The van der Waals surface area contributed by atoms with Crippen molar-refractivity contribution in [2.45, 2.75) is 12.6 Å². The molecule has 0 amide bonds. The minimum Gasteiger partial charge on any atom is -0.385 e. The molecule has 2 heterocycles. The van der Waals surface area contributed by atoms with Gasteiger partial charge < -0.3 is 5.32 Å². The summed E-state index contributed by atoms with van der Waals surface area (Å²) >= 11 is 0. The Morgan fingerprint density at radius 3 is 3.00 bits per heavy atom. The molecule has 20 heavy (non-hydrogen) atoms. The fourth-order valence-corrected chi connectivity index (χ4v) is 2.34. The fourth-order valence-electron chi connectivity index (χ4n) is 2.34. The summed E-state index contributed by atoms with van der Waals surface area (Å²) in [6.07, 6.45) is -1.85. The van der Waals surface area contributed by atoms with Gasteiger partial charge in [0.05, 0.1) is 6.54 Å². The predicted molar refractivity (Wildman–Crippen MR) is 68.0 cm³/mol. The van der Waals surface area contributed by atoms with Crippen LogP contribution >= 0.6 is 0 Å². The van der Waals surface area contributed by atoms with Crippen molar-refractivity contribution >= 4 is 5.69 Å². The van der Waals surface area contributed by atoms with E-state index < -0.39 is 12.7 Å². The number of nitriles is 1. The Kier molecular flexibility index (Phi) is 4.45. The SMILES string of the molecule is N#Cc1cc(NCC2CCN(CC(F)(F)F)C2)ccn1. The molecule has 4 nitrogen and oxygen atoms in total. The van der Waals surface area contributed by atoms with E-state index in [2.05, 4.69) is 10.3 Å². The quantitative estimate of drug-likeness (QED) is 0.921. The van der Waals surface area contributed by atoms with Gasteiger partial charge in [-0.05, 0) is 31.0 Å². The van der Waals surface area contributed by atoms with Crippen LogP contribution in [0, 0.1) is 17.2 Å². The highest BCUT2D eigenvalue weighted by Gasteiger charge is 2.34. The number of alkyl halides is 3. The monoisotopic (exact) mass is 284 g/mol. The molecule has 0 aliphatic carbocycles. The summed E-state index contributed by atoms with van der Waals surface area (Å²) in [6, 6.07) is 5.31. The highest BCUT2D eigenvalue weighted by Crippen LogP contribution is 2.23. The summed E-state index contributed by atoms with van der Waals surface area (Å²) in [5.41, 5.74) is 1.09. The van der Waals surface area contributed by atoms with Gasteiger partial charge in [0.25, 0.3) is 0 Å². The molecule has 7 heteroatoms. The van der Waals surface area contributed by atoms with Gasteiger partial charge >= 0.3 is 6.18 Å². The molecule has 1 atom stereocenters. The summed E-state index contributed by atoms with van der Waals surface area (Å²) in [5.74, 6) is 0.191. The van der Waals surface area contributed by atoms with Gasteiger partial charge in [0.15, 0.2) is 0 Å². The third-order valence-electron chi connectivity index (χ3n) is 3.24. The van der Waals surface area contributed by atoms with Crippen molar-refractivity contribution in [2.75, 3.05) is 31.5 Å². The second-order valence-electron chi connectivity index (χ2n) is 4.93. The smallest absolute Gasteiger partial charge is 0.385 e. The lowest BCUT2D eigenvalue weighted by atomic mass is 10.1. The molecule has 0 bridgehead atoms. The van der Waals surface area contributed by atoms with Crippen LogP contribution in [0.1, 0.15) is 12.1 Å². The molecule has 108 valence electrons. The average Bonchev–Trinajstić information content (AvgIpc) is 2.82. The second-order valence-corrected chi connectivity index (χ2v) is 4.93. The van der Waals surface area contributed by atoms with E-state index in [1.807, 2.05) is 6.07 Å². The number of hydrogen-bond donors (Lipinski definition) is 1. The first-order valence-corrected chi connectivity index (χ1v) is 6.35. The van der Waals surface area contributed by atoms with Crippen LogP contribution in [0.25, 0.3) is 0 Å². The molecule has 1 unspecified atom stereocenters. The van der Waals surface area contributed by atoms with Crippen LogP contribution in [0.3, 0.4) is 0 Å². The van der Waals surface area contributed by atoms with Gasteiger partial charge in [-0.15, -0.1) is 0 Å². The van der Waals surface area contributed by atoms with Gasteiger partial charge in [0.1, 0.15) is 11.8 Å². The Morgan fingerprint density at radius 1 is 1.50 bits per heavy atom. The normalized spacial score (nSPS) is 19.8. The van der Waals surface area contributed by atoms with E-state index in [1.165, 1.54) is 11.1 Å². The first-order chi connectivity index (χ1) is 9.46. The number of nitrogens with one attached hydrogen (secondary N) is 1. The molecule has 1 saturated heterocycles. The summed E-state index contributed by atoms with van der Waals surface area (Å²) in [7, 11) is 0. The lowest BCUT2D eigenvalue weighted by molar-refractivity contribution is -0.143. The minimum atomic E-state index is -4.13. The number of aromatic nitrogens is 1. The maximum Gasteiger partial charge on any atom is 0.401 e. The molecular weight excluding hydrogens is 269 g/mol. The molecule has 1 aliphatic heterocycles. The summed E-state index contributed by atoms with van der Waals surface area (Å²) in [5, 5.41) is 11.9. The number of anilines is 1. The van der Waals surface area contributed by atoms with Gasteiger partial charge in [-0.25, -0.2) is 4.98 Å².